The van der Waals surface area contributed by atoms with Crippen LogP contribution in [0.2, 0.25) is 0 Å². The molecule has 6 nitrogen and oxygen atoms in total. The van der Waals surface area contributed by atoms with Crippen LogP contribution in [0.3, 0.4) is 0 Å². The fourth-order valence-corrected chi connectivity index (χ4v) is 4.04. The Balaban J connectivity index is 1.65. The van der Waals surface area contributed by atoms with E-state index in [2.05, 4.69) is 16.8 Å². The first kappa shape index (κ1) is 24.8. The van der Waals surface area contributed by atoms with E-state index in [1.54, 1.807) is 13.2 Å². The predicted molar refractivity (Wildman–Crippen MR) is 133 cm³/mol. The van der Waals surface area contributed by atoms with Crippen molar-refractivity contribution in [1.82, 2.24) is 9.88 Å². The van der Waals surface area contributed by atoms with Crippen molar-refractivity contribution in [1.29, 1.82) is 5.26 Å². The summed E-state index contributed by atoms with van der Waals surface area (Å²) in [6.07, 6.45) is 1.65. The molecule has 0 saturated carbocycles. The van der Waals surface area contributed by atoms with Crippen molar-refractivity contribution in [3.05, 3.63) is 94.3 Å². The highest BCUT2D eigenvalue weighted by Gasteiger charge is 2.16. The van der Waals surface area contributed by atoms with Crippen LogP contribution < -0.4 is 10.1 Å². The van der Waals surface area contributed by atoms with Gasteiger partial charge < -0.3 is 19.4 Å². The number of ether oxygens (including phenoxy) is 2. The minimum Gasteiger partial charge on any atom is -0.489 e. The second-order valence-corrected chi connectivity index (χ2v) is 8.28. The minimum atomic E-state index is -0.400. The molecule has 1 aromatic heterocycles. The second kappa shape index (κ2) is 11.9. The summed E-state index contributed by atoms with van der Waals surface area (Å²) in [6, 6.07) is 21.7. The number of benzene rings is 2. The first-order valence-corrected chi connectivity index (χ1v) is 11.3. The van der Waals surface area contributed by atoms with E-state index in [4.69, 9.17) is 9.47 Å². The maximum atomic E-state index is 12.7. The first-order chi connectivity index (χ1) is 16.4. The minimum absolute atomic E-state index is 0.0724. The van der Waals surface area contributed by atoms with Crippen LogP contribution in [0, 0.1) is 25.2 Å². The van der Waals surface area contributed by atoms with Crippen LogP contribution in [0.1, 0.15) is 41.0 Å². The highest BCUT2D eigenvalue weighted by Crippen LogP contribution is 2.23. The number of methoxy groups -OCH3 is 1. The molecule has 0 aliphatic carbocycles. The van der Waals surface area contributed by atoms with Gasteiger partial charge in [-0.05, 0) is 61.7 Å². The molecular formula is C28H31N3O3. The summed E-state index contributed by atoms with van der Waals surface area (Å²) < 4.78 is 13.2. The molecular weight excluding hydrogens is 426 g/mol. The second-order valence-electron chi connectivity index (χ2n) is 8.28. The van der Waals surface area contributed by atoms with E-state index in [0.29, 0.717) is 19.8 Å². The summed E-state index contributed by atoms with van der Waals surface area (Å²) in [5.41, 5.74) is 4.92. The molecule has 1 amide bonds. The van der Waals surface area contributed by atoms with Gasteiger partial charge in [-0.3, -0.25) is 4.79 Å². The topological polar surface area (TPSA) is 76.3 Å². The van der Waals surface area contributed by atoms with E-state index >= 15 is 0 Å². The van der Waals surface area contributed by atoms with Gasteiger partial charge in [0.05, 0.1) is 12.6 Å². The molecule has 0 saturated heterocycles. The number of nitrogens with zero attached hydrogens (tertiary/aromatic N) is 2. The SMILES string of the molecule is COCC(C)n1c(C)cc(/C=C(\C#N)C(=O)NCc2cccc(COc3ccccc3)c2)c1C. The Morgan fingerprint density at radius 3 is 2.56 bits per heavy atom. The molecule has 0 bridgehead atoms. The van der Waals surface area contributed by atoms with Gasteiger partial charge in [-0.1, -0.05) is 42.5 Å². The molecule has 1 heterocycles. The van der Waals surface area contributed by atoms with Crippen molar-refractivity contribution in [3.8, 4) is 11.8 Å². The molecule has 0 radical (unpaired) electrons. The number of carbonyl (C=O) groups excluding carboxylic acids is 1. The molecule has 1 N–H and O–H groups in total. The average Bonchev–Trinajstić information content (AvgIpc) is 3.13. The summed E-state index contributed by atoms with van der Waals surface area (Å²) in [7, 11) is 1.68. The van der Waals surface area contributed by atoms with Crippen LogP contribution in [0.5, 0.6) is 5.75 Å². The average molecular weight is 458 g/mol. The predicted octanol–water partition coefficient (Wildman–Crippen LogP) is 5.11. The fraction of sp³-hybridized carbons (Fsp3) is 0.286. The molecule has 1 unspecified atom stereocenters. The number of nitrogens with one attached hydrogen (secondary N) is 1. The van der Waals surface area contributed by atoms with Gasteiger partial charge in [0.2, 0.25) is 0 Å². The molecule has 34 heavy (non-hydrogen) atoms. The summed E-state index contributed by atoms with van der Waals surface area (Å²) in [6.45, 7) is 7.42. The standard InChI is InChI=1S/C28H31N3O3/c1-20-13-25(22(3)31(20)21(2)18-33-4)15-26(16-29)28(32)30-17-23-9-8-10-24(14-23)19-34-27-11-6-5-7-12-27/h5-15,21H,17-19H2,1-4H3,(H,30,32)/b26-15+. The Morgan fingerprint density at radius 2 is 1.85 bits per heavy atom. The zero-order valence-corrected chi connectivity index (χ0v) is 20.2. The lowest BCUT2D eigenvalue weighted by molar-refractivity contribution is -0.117. The van der Waals surface area contributed by atoms with Crippen molar-refractivity contribution >= 4 is 12.0 Å². The number of amides is 1. The van der Waals surface area contributed by atoms with E-state index < -0.39 is 5.91 Å². The monoisotopic (exact) mass is 457 g/mol. The highest BCUT2D eigenvalue weighted by molar-refractivity contribution is 6.01. The van der Waals surface area contributed by atoms with Crippen LogP contribution in [0.25, 0.3) is 6.08 Å². The van der Waals surface area contributed by atoms with E-state index in [9.17, 15) is 10.1 Å². The number of aryl methyl sites for hydroxylation is 1. The molecule has 0 fully saturated rings. The number of hydrogen-bond acceptors (Lipinski definition) is 4. The van der Waals surface area contributed by atoms with Crippen LogP contribution in [0.4, 0.5) is 0 Å². The maximum absolute atomic E-state index is 12.7. The van der Waals surface area contributed by atoms with Crippen molar-refractivity contribution < 1.29 is 14.3 Å². The number of aromatic nitrogens is 1. The Kier molecular flexibility index (Phi) is 8.66. The van der Waals surface area contributed by atoms with Gasteiger partial charge in [-0.15, -0.1) is 0 Å². The third-order valence-electron chi connectivity index (χ3n) is 5.63. The number of nitriles is 1. The molecule has 2 aromatic carbocycles. The smallest absolute Gasteiger partial charge is 0.262 e. The summed E-state index contributed by atoms with van der Waals surface area (Å²) in [4.78, 5) is 12.7. The molecule has 6 heteroatoms. The number of hydrogen-bond donors (Lipinski definition) is 1. The lowest BCUT2D eigenvalue weighted by atomic mass is 10.1. The molecule has 0 aliphatic heterocycles. The van der Waals surface area contributed by atoms with Gasteiger partial charge in [0.1, 0.15) is 24.0 Å². The number of rotatable bonds is 10. The zero-order chi connectivity index (χ0) is 24.5. The van der Waals surface area contributed by atoms with Gasteiger partial charge in [0.25, 0.3) is 5.91 Å². The van der Waals surface area contributed by atoms with E-state index in [1.165, 1.54) is 0 Å². The summed E-state index contributed by atoms with van der Waals surface area (Å²) >= 11 is 0. The molecule has 0 aliphatic rings. The Labute approximate surface area is 201 Å². The van der Waals surface area contributed by atoms with Crippen LogP contribution >= 0.6 is 0 Å². The fourth-order valence-electron chi connectivity index (χ4n) is 4.04. The summed E-state index contributed by atoms with van der Waals surface area (Å²) in [5.74, 6) is 0.407. The van der Waals surface area contributed by atoms with E-state index in [0.717, 1.165) is 33.8 Å². The van der Waals surface area contributed by atoms with Crippen molar-refractivity contribution in [2.45, 2.75) is 40.0 Å². The Hall–Kier alpha value is -3.82. The van der Waals surface area contributed by atoms with Crippen molar-refractivity contribution in [2.24, 2.45) is 0 Å². The third-order valence-corrected chi connectivity index (χ3v) is 5.63. The van der Waals surface area contributed by atoms with Gasteiger partial charge in [0.15, 0.2) is 0 Å². The van der Waals surface area contributed by atoms with E-state index in [1.807, 2.05) is 80.6 Å². The molecule has 1 atom stereocenters. The lowest BCUT2D eigenvalue weighted by Gasteiger charge is -2.17. The normalized spacial score (nSPS) is 12.1. The Bertz CT molecular complexity index is 1190. The van der Waals surface area contributed by atoms with Gasteiger partial charge in [-0.25, -0.2) is 0 Å². The van der Waals surface area contributed by atoms with Crippen LogP contribution in [-0.4, -0.2) is 24.2 Å². The van der Waals surface area contributed by atoms with Gasteiger partial charge in [0, 0.05) is 25.0 Å². The van der Waals surface area contributed by atoms with Crippen molar-refractivity contribution in [2.75, 3.05) is 13.7 Å². The van der Waals surface area contributed by atoms with E-state index in [-0.39, 0.29) is 11.6 Å². The quantitative estimate of drug-likeness (QED) is 0.339. The molecule has 0 spiro atoms. The maximum Gasteiger partial charge on any atom is 0.262 e. The Morgan fingerprint density at radius 1 is 1.12 bits per heavy atom. The molecule has 3 aromatic rings. The van der Waals surface area contributed by atoms with Crippen LogP contribution in [-0.2, 0) is 22.7 Å². The largest absolute Gasteiger partial charge is 0.489 e. The lowest BCUT2D eigenvalue weighted by Crippen LogP contribution is -2.24. The third kappa shape index (κ3) is 6.37. The number of carbonyl (C=O) groups is 1. The molecule has 3 rings (SSSR count). The highest BCUT2D eigenvalue weighted by atomic mass is 16.5. The number of para-hydroxylation sites is 1. The molecule has 176 valence electrons. The first-order valence-electron chi connectivity index (χ1n) is 11.3. The van der Waals surface area contributed by atoms with Crippen molar-refractivity contribution in [3.63, 3.8) is 0 Å². The zero-order valence-electron chi connectivity index (χ0n) is 20.2. The van der Waals surface area contributed by atoms with Gasteiger partial charge in [-0.2, -0.15) is 5.26 Å². The summed E-state index contributed by atoms with van der Waals surface area (Å²) in [5, 5.41) is 12.5. The van der Waals surface area contributed by atoms with Gasteiger partial charge >= 0.3 is 0 Å². The van der Waals surface area contributed by atoms with Crippen LogP contribution in [0.15, 0.2) is 66.2 Å².